The molecule has 2 aliphatic rings. The number of pyridine rings is 2. The number of rotatable bonds is 3. The van der Waals surface area contributed by atoms with E-state index >= 15 is 0 Å². The summed E-state index contributed by atoms with van der Waals surface area (Å²) in [5, 5.41) is 21.2. The summed E-state index contributed by atoms with van der Waals surface area (Å²) in [4.78, 5) is 12.2. The maximum absolute atomic E-state index is 11.0. The number of phenolic OH excluding ortho intramolecular Hbond substituents is 1. The second-order valence-electron chi connectivity index (χ2n) is 9.95. The number of nitrogens with zero attached hydrogens (tertiary/aromatic N) is 5. The van der Waals surface area contributed by atoms with Crippen LogP contribution in [0.2, 0.25) is 0 Å². The van der Waals surface area contributed by atoms with Crippen LogP contribution < -0.4 is 10.2 Å². The molecule has 4 heterocycles. The molecule has 2 unspecified atom stereocenters. The number of aromatic nitrogens is 4. The summed E-state index contributed by atoms with van der Waals surface area (Å²) < 4.78 is 1.78. The Bertz CT molecular complexity index is 1380. The average Bonchev–Trinajstić information content (AvgIpc) is 3.56. The molecule has 3 aromatic heterocycles. The molecule has 0 bridgehead atoms. The number of aryl methyl sites for hydroxylation is 2. The number of hydrogen-bond donors (Lipinski definition) is 2. The molecule has 0 spiro atoms. The molecule has 0 amide bonds. The summed E-state index contributed by atoms with van der Waals surface area (Å²) in [6, 6.07) is 7.33. The van der Waals surface area contributed by atoms with Crippen LogP contribution in [0.15, 0.2) is 30.6 Å². The Labute approximate surface area is 193 Å². The standard InChI is InChI=1S/C26H30N6O/c1-14-11-32(12-15(2)28-14)19-8-21-20(17-5-6-17)9-23(29-26(21)27-10-19)22-7-18-13-31(4)30-24(18)16(3)25(22)33/h7-10,13-15,17,28,33H,5-6,11-12H2,1-4H3. The second kappa shape index (κ2) is 7.42. The van der Waals surface area contributed by atoms with Crippen LogP contribution in [0.3, 0.4) is 0 Å². The molecule has 4 aromatic rings. The molecular weight excluding hydrogens is 412 g/mol. The molecular formula is C26H30N6O. The van der Waals surface area contributed by atoms with Crippen molar-refractivity contribution in [3.8, 4) is 17.0 Å². The van der Waals surface area contributed by atoms with Crippen molar-refractivity contribution in [2.75, 3.05) is 18.0 Å². The van der Waals surface area contributed by atoms with Crippen LogP contribution in [0.25, 0.3) is 33.2 Å². The largest absolute Gasteiger partial charge is 0.507 e. The van der Waals surface area contributed by atoms with Crippen molar-refractivity contribution in [3.05, 3.63) is 41.7 Å². The van der Waals surface area contributed by atoms with E-state index < -0.39 is 0 Å². The van der Waals surface area contributed by atoms with Gasteiger partial charge in [0, 0.05) is 60.3 Å². The first-order valence-corrected chi connectivity index (χ1v) is 11.9. The van der Waals surface area contributed by atoms with E-state index in [9.17, 15) is 5.11 Å². The maximum atomic E-state index is 11.0. The molecule has 2 atom stereocenters. The van der Waals surface area contributed by atoms with Crippen LogP contribution in [0.1, 0.15) is 43.7 Å². The van der Waals surface area contributed by atoms with Gasteiger partial charge in [-0.15, -0.1) is 0 Å². The van der Waals surface area contributed by atoms with Crippen LogP contribution in [0.5, 0.6) is 5.75 Å². The average molecular weight is 443 g/mol. The molecule has 6 rings (SSSR count). The second-order valence-corrected chi connectivity index (χ2v) is 9.95. The summed E-state index contributed by atoms with van der Waals surface area (Å²) >= 11 is 0. The minimum Gasteiger partial charge on any atom is -0.507 e. The summed E-state index contributed by atoms with van der Waals surface area (Å²) in [5.74, 6) is 0.785. The topological polar surface area (TPSA) is 79.1 Å². The van der Waals surface area contributed by atoms with E-state index in [1.807, 2.05) is 32.4 Å². The highest BCUT2D eigenvalue weighted by Gasteiger charge is 2.28. The molecule has 2 fully saturated rings. The van der Waals surface area contributed by atoms with Gasteiger partial charge in [-0.25, -0.2) is 9.97 Å². The molecule has 1 aliphatic heterocycles. The van der Waals surface area contributed by atoms with Crippen LogP contribution in [-0.4, -0.2) is 50.0 Å². The molecule has 7 heteroatoms. The van der Waals surface area contributed by atoms with Gasteiger partial charge < -0.3 is 15.3 Å². The Kier molecular flexibility index (Phi) is 4.59. The van der Waals surface area contributed by atoms with Crippen molar-refractivity contribution in [1.29, 1.82) is 0 Å². The monoisotopic (exact) mass is 442 g/mol. The zero-order chi connectivity index (χ0) is 22.9. The Morgan fingerprint density at radius 3 is 2.58 bits per heavy atom. The first kappa shape index (κ1) is 20.4. The van der Waals surface area contributed by atoms with Crippen LogP contribution in [0.4, 0.5) is 5.69 Å². The van der Waals surface area contributed by atoms with Gasteiger partial charge in [-0.1, -0.05) is 0 Å². The van der Waals surface area contributed by atoms with Crippen molar-refractivity contribution in [1.82, 2.24) is 25.1 Å². The lowest BCUT2D eigenvalue weighted by Gasteiger charge is -2.37. The fourth-order valence-electron chi connectivity index (χ4n) is 5.34. The third-order valence-corrected chi connectivity index (χ3v) is 7.02. The summed E-state index contributed by atoms with van der Waals surface area (Å²) in [6.45, 7) is 8.32. The number of hydrogen-bond acceptors (Lipinski definition) is 6. The lowest BCUT2D eigenvalue weighted by atomic mass is 9.99. The van der Waals surface area contributed by atoms with Gasteiger partial charge in [0.1, 0.15) is 5.75 Å². The van der Waals surface area contributed by atoms with E-state index in [2.05, 4.69) is 41.3 Å². The van der Waals surface area contributed by atoms with Crippen molar-refractivity contribution in [3.63, 3.8) is 0 Å². The van der Waals surface area contributed by atoms with Gasteiger partial charge in [0.15, 0.2) is 5.65 Å². The van der Waals surface area contributed by atoms with E-state index in [1.54, 1.807) is 4.68 Å². The lowest BCUT2D eigenvalue weighted by Crippen LogP contribution is -2.54. The first-order chi connectivity index (χ1) is 15.9. The van der Waals surface area contributed by atoms with Gasteiger partial charge in [0.05, 0.1) is 23.1 Å². The molecule has 1 saturated heterocycles. The third kappa shape index (κ3) is 3.51. The van der Waals surface area contributed by atoms with Crippen molar-refractivity contribution in [2.24, 2.45) is 7.05 Å². The minimum atomic E-state index is 0.246. The smallest absolute Gasteiger partial charge is 0.160 e. The predicted octanol–water partition coefficient (Wildman–Crippen LogP) is 4.26. The zero-order valence-electron chi connectivity index (χ0n) is 19.6. The molecule has 1 aliphatic carbocycles. The SMILES string of the molecule is Cc1c(O)c(-c2cc(C3CC3)c3cc(N4CC(C)NC(C)C4)cnc3n2)cc2cn(C)nc12. The zero-order valence-corrected chi connectivity index (χ0v) is 19.6. The number of aromatic hydroxyl groups is 1. The molecule has 2 N–H and O–H groups in total. The molecule has 1 saturated carbocycles. The highest BCUT2D eigenvalue weighted by molar-refractivity contribution is 5.92. The van der Waals surface area contributed by atoms with Crippen molar-refractivity contribution < 1.29 is 5.11 Å². The number of nitrogens with one attached hydrogen (secondary N) is 1. The quantitative estimate of drug-likeness (QED) is 0.494. The highest BCUT2D eigenvalue weighted by atomic mass is 16.3. The molecule has 0 radical (unpaired) electrons. The molecule has 1 aromatic carbocycles. The fourth-order valence-corrected chi connectivity index (χ4v) is 5.34. The van der Waals surface area contributed by atoms with Gasteiger partial charge >= 0.3 is 0 Å². The number of fused-ring (bicyclic) bond motifs is 2. The Morgan fingerprint density at radius 1 is 1.09 bits per heavy atom. The Hall–Kier alpha value is -3.19. The Morgan fingerprint density at radius 2 is 1.85 bits per heavy atom. The number of anilines is 1. The van der Waals surface area contributed by atoms with E-state index in [0.717, 1.165) is 57.5 Å². The summed E-state index contributed by atoms with van der Waals surface area (Å²) in [7, 11) is 1.90. The lowest BCUT2D eigenvalue weighted by molar-refractivity contribution is 0.407. The van der Waals surface area contributed by atoms with Gasteiger partial charge in [0.2, 0.25) is 0 Å². The molecule has 170 valence electrons. The fraction of sp³-hybridized carbons (Fsp3) is 0.423. The molecule has 33 heavy (non-hydrogen) atoms. The van der Waals surface area contributed by atoms with Crippen molar-refractivity contribution >= 4 is 27.6 Å². The van der Waals surface area contributed by atoms with Gasteiger partial charge in [0.25, 0.3) is 0 Å². The number of phenols is 1. The van der Waals surface area contributed by atoms with Crippen molar-refractivity contribution in [2.45, 2.75) is 51.6 Å². The van der Waals surface area contributed by atoms with E-state index in [1.165, 1.54) is 18.4 Å². The number of benzene rings is 1. The van der Waals surface area contributed by atoms with Crippen LogP contribution in [-0.2, 0) is 7.05 Å². The normalized spacial score (nSPS) is 21.3. The molecule has 7 nitrogen and oxygen atoms in total. The number of piperazine rings is 1. The van der Waals surface area contributed by atoms with E-state index in [4.69, 9.17) is 9.97 Å². The maximum Gasteiger partial charge on any atom is 0.160 e. The summed E-state index contributed by atoms with van der Waals surface area (Å²) in [6.07, 6.45) is 6.32. The van der Waals surface area contributed by atoms with Gasteiger partial charge in [-0.05, 0) is 63.3 Å². The van der Waals surface area contributed by atoms with Crippen LogP contribution in [0, 0.1) is 6.92 Å². The van der Waals surface area contributed by atoms with Crippen LogP contribution >= 0.6 is 0 Å². The third-order valence-electron chi connectivity index (χ3n) is 7.02. The van der Waals surface area contributed by atoms with E-state index in [-0.39, 0.29) is 5.75 Å². The van der Waals surface area contributed by atoms with E-state index in [0.29, 0.717) is 18.0 Å². The predicted molar refractivity (Wildman–Crippen MR) is 132 cm³/mol. The Balaban J connectivity index is 1.49. The van der Waals surface area contributed by atoms with Gasteiger partial charge in [-0.2, -0.15) is 5.10 Å². The minimum absolute atomic E-state index is 0.246. The summed E-state index contributed by atoms with van der Waals surface area (Å²) in [5.41, 5.74) is 6.33. The first-order valence-electron chi connectivity index (χ1n) is 11.9. The van der Waals surface area contributed by atoms with Gasteiger partial charge in [-0.3, -0.25) is 4.68 Å². The highest BCUT2D eigenvalue weighted by Crippen LogP contribution is 2.45.